The molecule has 5 heteroatoms. The predicted octanol–water partition coefficient (Wildman–Crippen LogP) is 3.16. The number of rotatable bonds is 3. The molecule has 0 saturated carbocycles. The van der Waals surface area contributed by atoms with Gasteiger partial charge in [-0.1, -0.05) is 11.6 Å². The largest absolute Gasteiger partial charge is 0.456 e. The highest BCUT2D eigenvalue weighted by atomic mass is 35.5. The lowest BCUT2D eigenvalue weighted by atomic mass is 10.3. The van der Waals surface area contributed by atoms with E-state index in [9.17, 15) is 4.39 Å². The van der Waals surface area contributed by atoms with Crippen molar-refractivity contribution in [1.82, 2.24) is 4.98 Å². The van der Waals surface area contributed by atoms with Crippen LogP contribution in [-0.4, -0.2) is 10.1 Å². The van der Waals surface area contributed by atoms with Crippen LogP contribution in [0.2, 0.25) is 5.02 Å². The molecule has 0 aliphatic rings. The van der Waals surface area contributed by atoms with Crippen LogP contribution < -0.4 is 4.74 Å². The third-order valence-electron chi connectivity index (χ3n) is 2.07. The Balaban J connectivity index is 2.25. The quantitative estimate of drug-likeness (QED) is 0.914. The zero-order chi connectivity index (χ0) is 12.3. The Hall–Kier alpha value is -1.65. The van der Waals surface area contributed by atoms with Crippen molar-refractivity contribution in [2.45, 2.75) is 6.61 Å². The smallest absolute Gasteiger partial charge is 0.146 e. The van der Waals surface area contributed by atoms with Crippen LogP contribution in [0.4, 0.5) is 4.39 Å². The minimum Gasteiger partial charge on any atom is -0.456 e. The average molecular weight is 254 g/mol. The second kappa shape index (κ2) is 5.12. The van der Waals surface area contributed by atoms with Gasteiger partial charge in [0.2, 0.25) is 0 Å². The highest BCUT2D eigenvalue weighted by Crippen LogP contribution is 2.29. The molecule has 0 fully saturated rings. The van der Waals surface area contributed by atoms with Gasteiger partial charge in [0, 0.05) is 12.3 Å². The first kappa shape index (κ1) is 11.8. The summed E-state index contributed by atoms with van der Waals surface area (Å²) in [4.78, 5) is 3.91. The summed E-state index contributed by atoms with van der Waals surface area (Å²) < 4.78 is 18.3. The van der Waals surface area contributed by atoms with Crippen molar-refractivity contribution < 1.29 is 14.2 Å². The molecule has 0 aliphatic carbocycles. The van der Waals surface area contributed by atoms with E-state index in [2.05, 4.69) is 4.98 Å². The first-order valence-electron chi connectivity index (χ1n) is 4.88. The minimum absolute atomic E-state index is 0.172. The molecule has 0 saturated heterocycles. The highest BCUT2D eigenvalue weighted by molar-refractivity contribution is 6.32. The fourth-order valence-corrected chi connectivity index (χ4v) is 1.50. The molecule has 0 aliphatic heterocycles. The van der Waals surface area contributed by atoms with Crippen molar-refractivity contribution in [1.29, 1.82) is 0 Å². The second-order valence-electron chi connectivity index (χ2n) is 3.32. The molecule has 0 spiro atoms. The van der Waals surface area contributed by atoms with Crippen LogP contribution >= 0.6 is 11.6 Å². The Morgan fingerprint density at radius 1 is 1.29 bits per heavy atom. The van der Waals surface area contributed by atoms with E-state index in [1.165, 1.54) is 24.4 Å². The number of halogens is 2. The molecule has 1 aromatic heterocycles. The van der Waals surface area contributed by atoms with E-state index in [1.54, 1.807) is 12.1 Å². The summed E-state index contributed by atoms with van der Waals surface area (Å²) in [6, 6.07) is 7.08. The van der Waals surface area contributed by atoms with Gasteiger partial charge in [-0.05, 0) is 24.3 Å². The summed E-state index contributed by atoms with van der Waals surface area (Å²) >= 11 is 5.82. The molecule has 0 atom stereocenters. The van der Waals surface area contributed by atoms with Gasteiger partial charge in [-0.25, -0.2) is 4.39 Å². The number of aliphatic hydroxyl groups excluding tert-OH is 1. The Kier molecular flexibility index (Phi) is 3.56. The minimum atomic E-state index is -0.423. The van der Waals surface area contributed by atoms with Crippen LogP contribution in [-0.2, 0) is 6.61 Å². The van der Waals surface area contributed by atoms with Crippen molar-refractivity contribution in [2.24, 2.45) is 0 Å². The van der Waals surface area contributed by atoms with E-state index in [-0.39, 0.29) is 11.6 Å². The first-order valence-corrected chi connectivity index (χ1v) is 5.25. The third-order valence-corrected chi connectivity index (χ3v) is 2.37. The SMILES string of the molecule is OCc1cc(Oc2ccc(F)cc2Cl)ccn1. The van der Waals surface area contributed by atoms with E-state index < -0.39 is 5.82 Å². The first-order chi connectivity index (χ1) is 8.19. The molecule has 0 amide bonds. The van der Waals surface area contributed by atoms with E-state index in [1.807, 2.05) is 0 Å². The zero-order valence-electron chi connectivity index (χ0n) is 8.73. The highest BCUT2D eigenvalue weighted by Gasteiger charge is 2.05. The lowest BCUT2D eigenvalue weighted by Gasteiger charge is -2.07. The molecule has 2 rings (SSSR count). The Labute approximate surface area is 102 Å². The molecule has 0 unspecified atom stereocenters. The molecule has 2 aromatic rings. The van der Waals surface area contributed by atoms with Crippen molar-refractivity contribution in [2.75, 3.05) is 0 Å². The van der Waals surface area contributed by atoms with Gasteiger partial charge in [-0.15, -0.1) is 0 Å². The van der Waals surface area contributed by atoms with Gasteiger partial charge in [0.05, 0.1) is 17.3 Å². The third kappa shape index (κ3) is 2.93. The van der Waals surface area contributed by atoms with Crippen LogP contribution in [0.1, 0.15) is 5.69 Å². The van der Waals surface area contributed by atoms with E-state index in [0.29, 0.717) is 17.2 Å². The number of hydrogen-bond donors (Lipinski definition) is 1. The number of ether oxygens (including phenoxy) is 1. The monoisotopic (exact) mass is 253 g/mol. The summed E-state index contributed by atoms with van der Waals surface area (Å²) in [5.41, 5.74) is 0.487. The number of aromatic nitrogens is 1. The molecule has 17 heavy (non-hydrogen) atoms. The van der Waals surface area contributed by atoms with Crippen molar-refractivity contribution in [3.63, 3.8) is 0 Å². The molecular weight excluding hydrogens is 245 g/mol. The maximum Gasteiger partial charge on any atom is 0.146 e. The maximum absolute atomic E-state index is 12.8. The fraction of sp³-hybridized carbons (Fsp3) is 0.0833. The molecule has 1 N–H and O–H groups in total. The molecule has 88 valence electrons. The molecule has 0 bridgehead atoms. The summed E-state index contributed by atoms with van der Waals surface area (Å²) in [6.45, 7) is -0.172. The van der Waals surface area contributed by atoms with Crippen LogP contribution in [0.3, 0.4) is 0 Å². The Bertz CT molecular complexity index is 534. The van der Waals surface area contributed by atoms with Crippen molar-refractivity contribution >= 4 is 11.6 Å². The summed E-state index contributed by atoms with van der Waals surface area (Å²) in [6.07, 6.45) is 1.51. The molecular formula is C12H9ClFNO2. The van der Waals surface area contributed by atoms with Crippen molar-refractivity contribution in [3.05, 3.63) is 53.1 Å². The fourth-order valence-electron chi connectivity index (χ4n) is 1.29. The Morgan fingerprint density at radius 3 is 2.82 bits per heavy atom. The zero-order valence-corrected chi connectivity index (χ0v) is 9.49. The van der Waals surface area contributed by atoms with Gasteiger partial charge in [0.1, 0.15) is 17.3 Å². The number of hydrogen-bond acceptors (Lipinski definition) is 3. The Morgan fingerprint density at radius 2 is 2.12 bits per heavy atom. The number of aliphatic hydroxyl groups is 1. The lowest BCUT2D eigenvalue weighted by Crippen LogP contribution is -1.91. The van der Waals surface area contributed by atoms with Gasteiger partial charge in [-0.2, -0.15) is 0 Å². The molecule has 3 nitrogen and oxygen atoms in total. The summed E-state index contributed by atoms with van der Waals surface area (Å²) in [5.74, 6) is 0.411. The molecule has 0 radical (unpaired) electrons. The molecule has 1 heterocycles. The maximum atomic E-state index is 12.8. The van der Waals surface area contributed by atoms with Gasteiger partial charge in [0.25, 0.3) is 0 Å². The summed E-state index contributed by atoms with van der Waals surface area (Å²) in [7, 11) is 0. The summed E-state index contributed by atoms with van der Waals surface area (Å²) in [5, 5.41) is 9.11. The normalized spacial score (nSPS) is 10.3. The van der Waals surface area contributed by atoms with Gasteiger partial charge < -0.3 is 9.84 Å². The molecule has 1 aromatic carbocycles. The van der Waals surface area contributed by atoms with Crippen LogP contribution in [0.5, 0.6) is 11.5 Å². The van der Waals surface area contributed by atoms with E-state index >= 15 is 0 Å². The van der Waals surface area contributed by atoms with Gasteiger partial charge in [0.15, 0.2) is 0 Å². The van der Waals surface area contributed by atoms with Crippen LogP contribution in [0, 0.1) is 5.82 Å². The van der Waals surface area contributed by atoms with Gasteiger partial charge >= 0.3 is 0 Å². The standard InChI is InChI=1S/C12H9ClFNO2/c13-11-5-8(14)1-2-12(11)17-10-3-4-15-9(6-10)7-16/h1-6,16H,7H2. The second-order valence-corrected chi connectivity index (χ2v) is 3.73. The van der Waals surface area contributed by atoms with Crippen LogP contribution in [0.25, 0.3) is 0 Å². The average Bonchev–Trinajstić information content (AvgIpc) is 2.33. The van der Waals surface area contributed by atoms with E-state index in [4.69, 9.17) is 21.4 Å². The number of nitrogens with zero attached hydrogens (tertiary/aromatic N) is 1. The number of pyridine rings is 1. The lowest BCUT2D eigenvalue weighted by molar-refractivity contribution is 0.276. The van der Waals surface area contributed by atoms with Gasteiger partial charge in [-0.3, -0.25) is 4.98 Å². The van der Waals surface area contributed by atoms with E-state index in [0.717, 1.165) is 0 Å². The van der Waals surface area contributed by atoms with Crippen molar-refractivity contribution in [3.8, 4) is 11.5 Å². The topological polar surface area (TPSA) is 42.4 Å². The predicted molar refractivity (Wildman–Crippen MR) is 61.6 cm³/mol. The van der Waals surface area contributed by atoms with Crippen LogP contribution in [0.15, 0.2) is 36.5 Å². The number of benzene rings is 1.